The summed E-state index contributed by atoms with van der Waals surface area (Å²) in [4.78, 5) is 4.01. The SMILES string of the molecule is C[C@@H](NCCOc1ccc(Br)cc1)c1ccncc1. The molecule has 1 aromatic heterocycles. The average molecular weight is 321 g/mol. The van der Waals surface area contributed by atoms with Crippen LogP contribution in [0.25, 0.3) is 0 Å². The van der Waals surface area contributed by atoms with E-state index in [0.29, 0.717) is 12.6 Å². The summed E-state index contributed by atoms with van der Waals surface area (Å²) in [5.74, 6) is 0.890. The number of nitrogens with zero attached hydrogens (tertiary/aromatic N) is 1. The van der Waals surface area contributed by atoms with E-state index in [1.807, 2.05) is 48.8 Å². The number of ether oxygens (including phenoxy) is 1. The van der Waals surface area contributed by atoms with E-state index in [-0.39, 0.29) is 0 Å². The first-order valence-corrected chi connectivity index (χ1v) is 7.06. The molecule has 3 nitrogen and oxygen atoms in total. The highest BCUT2D eigenvalue weighted by Crippen LogP contribution is 2.16. The molecule has 0 radical (unpaired) electrons. The van der Waals surface area contributed by atoms with Gasteiger partial charge in [-0.1, -0.05) is 15.9 Å². The highest BCUT2D eigenvalue weighted by Gasteiger charge is 2.03. The molecule has 1 N–H and O–H groups in total. The summed E-state index contributed by atoms with van der Waals surface area (Å²) in [5, 5.41) is 3.42. The number of pyridine rings is 1. The van der Waals surface area contributed by atoms with Crippen molar-refractivity contribution in [3.05, 3.63) is 58.8 Å². The second-order valence-corrected chi connectivity index (χ2v) is 5.17. The third-order valence-corrected chi connectivity index (χ3v) is 3.37. The van der Waals surface area contributed by atoms with E-state index < -0.39 is 0 Å². The summed E-state index contributed by atoms with van der Waals surface area (Å²) in [6.07, 6.45) is 3.62. The van der Waals surface area contributed by atoms with Crippen molar-refractivity contribution in [2.24, 2.45) is 0 Å². The van der Waals surface area contributed by atoms with Crippen LogP contribution >= 0.6 is 15.9 Å². The van der Waals surface area contributed by atoms with Gasteiger partial charge in [-0.3, -0.25) is 4.98 Å². The zero-order valence-electron chi connectivity index (χ0n) is 10.8. The van der Waals surface area contributed by atoms with E-state index in [1.54, 1.807) is 0 Å². The molecule has 0 amide bonds. The van der Waals surface area contributed by atoms with Crippen LogP contribution in [0.2, 0.25) is 0 Å². The molecule has 1 atom stereocenters. The molecule has 0 spiro atoms. The molecule has 0 unspecified atom stereocenters. The molecule has 4 heteroatoms. The summed E-state index contributed by atoms with van der Waals surface area (Å²) in [5.41, 5.74) is 1.23. The number of halogens is 1. The smallest absolute Gasteiger partial charge is 0.119 e. The normalized spacial score (nSPS) is 12.1. The number of aromatic nitrogens is 1. The monoisotopic (exact) mass is 320 g/mol. The molecule has 1 aromatic carbocycles. The Kier molecular flexibility index (Phi) is 5.36. The Morgan fingerprint density at radius 2 is 1.84 bits per heavy atom. The van der Waals surface area contributed by atoms with E-state index in [4.69, 9.17) is 4.74 Å². The van der Waals surface area contributed by atoms with Gasteiger partial charge in [0.25, 0.3) is 0 Å². The quantitative estimate of drug-likeness (QED) is 0.826. The Hall–Kier alpha value is -1.39. The van der Waals surface area contributed by atoms with Crippen molar-refractivity contribution in [2.45, 2.75) is 13.0 Å². The van der Waals surface area contributed by atoms with Gasteiger partial charge in [0.05, 0.1) is 0 Å². The second kappa shape index (κ2) is 7.26. The van der Waals surface area contributed by atoms with E-state index >= 15 is 0 Å². The van der Waals surface area contributed by atoms with Gasteiger partial charge in [0.1, 0.15) is 12.4 Å². The summed E-state index contributed by atoms with van der Waals surface area (Å²) in [6.45, 7) is 3.59. The summed E-state index contributed by atoms with van der Waals surface area (Å²) in [7, 11) is 0. The lowest BCUT2D eigenvalue weighted by Gasteiger charge is -2.14. The Bertz CT molecular complexity index is 487. The molecule has 0 fully saturated rings. The van der Waals surface area contributed by atoms with Crippen molar-refractivity contribution in [3.8, 4) is 5.75 Å². The minimum absolute atomic E-state index is 0.302. The molecule has 0 saturated heterocycles. The van der Waals surface area contributed by atoms with Crippen LogP contribution in [-0.2, 0) is 0 Å². The minimum Gasteiger partial charge on any atom is -0.492 e. The maximum absolute atomic E-state index is 5.65. The standard InChI is InChI=1S/C15H17BrN2O/c1-12(13-6-8-17-9-7-13)18-10-11-19-15-4-2-14(16)3-5-15/h2-9,12,18H,10-11H2,1H3/t12-/m1/s1. The molecule has 1 heterocycles. The lowest BCUT2D eigenvalue weighted by molar-refractivity contribution is 0.307. The van der Waals surface area contributed by atoms with Crippen LogP contribution in [-0.4, -0.2) is 18.1 Å². The topological polar surface area (TPSA) is 34.1 Å². The van der Waals surface area contributed by atoms with Crippen LogP contribution in [0.5, 0.6) is 5.75 Å². The van der Waals surface area contributed by atoms with Gasteiger partial charge >= 0.3 is 0 Å². The number of hydrogen-bond acceptors (Lipinski definition) is 3. The van der Waals surface area contributed by atoms with E-state index in [2.05, 4.69) is 33.2 Å². The zero-order chi connectivity index (χ0) is 13.5. The molecule has 0 saturated carbocycles. The second-order valence-electron chi connectivity index (χ2n) is 4.26. The Morgan fingerprint density at radius 3 is 2.53 bits per heavy atom. The zero-order valence-corrected chi connectivity index (χ0v) is 12.4. The van der Waals surface area contributed by atoms with Gasteiger partial charge in [0.2, 0.25) is 0 Å². The van der Waals surface area contributed by atoms with Crippen molar-refractivity contribution >= 4 is 15.9 Å². The van der Waals surface area contributed by atoms with Gasteiger partial charge in [-0.15, -0.1) is 0 Å². The van der Waals surface area contributed by atoms with Gasteiger partial charge < -0.3 is 10.1 Å². The molecule has 19 heavy (non-hydrogen) atoms. The lowest BCUT2D eigenvalue weighted by atomic mass is 10.1. The van der Waals surface area contributed by atoms with E-state index in [9.17, 15) is 0 Å². The van der Waals surface area contributed by atoms with Gasteiger partial charge in [-0.05, 0) is 48.9 Å². The molecule has 100 valence electrons. The molecule has 0 aliphatic heterocycles. The Morgan fingerprint density at radius 1 is 1.16 bits per heavy atom. The minimum atomic E-state index is 0.302. The van der Waals surface area contributed by atoms with Crippen molar-refractivity contribution in [1.29, 1.82) is 0 Å². The van der Waals surface area contributed by atoms with Crippen molar-refractivity contribution in [2.75, 3.05) is 13.2 Å². The van der Waals surface area contributed by atoms with Gasteiger partial charge in [-0.2, -0.15) is 0 Å². The van der Waals surface area contributed by atoms with Crippen LogP contribution in [0.1, 0.15) is 18.5 Å². The van der Waals surface area contributed by atoms with Crippen molar-refractivity contribution in [3.63, 3.8) is 0 Å². The highest BCUT2D eigenvalue weighted by atomic mass is 79.9. The predicted molar refractivity (Wildman–Crippen MR) is 80.3 cm³/mol. The summed E-state index contributed by atoms with van der Waals surface area (Å²) >= 11 is 3.40. The number of benzene rings is 1. The van der Waals surface area contributed by atoms with E-state index in [1.165, 1.54) is 5.56 Å². The number of rotatable bonds is 6. The first-order chi connectivity index (χ1) is 9.25. The third-order valence-electron chi connectivity index (χ3n) is 2.84. The fourth-order valence-corrected chi connectivity index (χ4v) is 2.01. The van der Waals surface area contributed by atoms with Crippen LogP contribution < -0.4 is 10.1 Å². The fourth-order valence-electron chi connectivity index (χ4n) is 1.75. The van der Waals surface area contributed by atoms with Crippen LogP contribution in [0.4, 0.5) is 0 Å². The van der Waals surface area contributed by atoms with Gasteiger partial charge in [0.15, 0.2) is 0 Å². The van der Waals surface area contributed by atoms with Crippen molar-refractivity contribution in [1.82, 2.24) is 10.3 Å². The first kappa shape index (κ1) is 14.0. The molecular formula is C15H17BrN2O. The highest BCUT2D eigenvalue weighted by molar-refractivity contribution is 9.10. The largest absolute Gasteiger partial charge is 0.492 e. The van der Waals surface area contributed by atoms with Gasteiger partial charge in [0, 0.05) is 29.5 Å². The maximum atomic E-state index is 5.65. The van der Waals surface area contributed by atoms with Gasteiger partial charge in [-0.25, -0.2) is 0 Å². The summed E-state index contributed by atoms with van der Waals surface area (Å²) < 4.78 is 6.71. The van der Waals surface area contributed by atoms with Crippen LogP contribution in [0.3, 0.4) is 0 Å². The average Bonchev–Trinajstić information content (AvgIpc) is 2.46. The molecular weight excluding hydrogens is 304 g/mol. The van der Waals surface area contributed by atoms with Crippen LogP contribution in [0.15, 0.2) is 53.3 Å². The maximum Gasteiger partial charge on any atom is 0.119 e. The Labute approximate surface area is 122 Å². The molecule has 2 rings (SSSR count). The van der Waals surface area contributed by atoms with E-state index in [0.717, 1.165) is 16.8 Å². The number of nitrogens with one attached hydrogen (secondary N) is 1. The third kappa shape index (κ3) is 4.65. The molecule has 2 aromatic rings. The number of hydrogen-bond donors (Lipinski definition) is 1. The Balaban J connectivity index is 1.71. The first-order valence-electron chi connectivity index (χ1n) is 6.27. The molecule has 0 aliphatic rings. The predicted octanol–water partition coefficient (Wildman–Crippen LogP) is 3.57. The lowest BCUT2D eigenvalue weighted by Crippen LogP contribution is -2.24. The fraction of sp³-hybridized carbons (Fsp3) is 0.267. The summed E-state index contributed by atoms with van der Waals surface area (Å²) in [6, 6.07) is 12.2. The van der Waals surface area contributed by atoms with Crippen molar-refractivity contribution < 1.29 is 4.74 Å². The molecule has 0 aliphatic carbocycles. The molecule has 0 bridgehead atoms. The van der Waals surface area contributed by atoms with Crippen LogP contribution in [0, 0.1) is 0 Å².